The minimum atomic E-state index is -0.524. The molecule has 0 unspecified atom stereocenters. The van der Waals surface area contributed by atoms with E-state index >= 15 is 0 Å². The van der Waals surface area contributed by atoms with Gasteiger partial charge in [-0.2, -0.15) is 0 Å². The van der Waals surface area contributed by atoms with E-state index in [0.717, 1.165) is 0 Å². The van der Waals surface area contributed by atoms with Crippen LogP contribution in [0.25, 0.3) is 0 Å². The number of halogens is 1. The molecule has 5 nitrogen and oxygen atoms in total. The van der Waals surface area contributed by atoms with Gasteiger partial charge < -0.3 is 14.5 Å². The van der Waals surface area contributed by atoms with Gasteiger partial charge in [0.2, 0.25) is 0 Å². The number of rotatable bonds is 3. The minimum absolute atomic E-state index is 0.0671. The Balaban J connectivity index is 1.62. The van der Waals surface area contributed by atoms with Crippen molar-refractivity contribution in [2.45, 2.75) is 0 Å². The zero-order chi connectivity index (χ0) is 17.8. The highest BCUT2D eigenvalue weighted by Crippen LogP contribution is 2.16. The van der Waals surface area contributed by atoms with Gasteiger partial charge in [0.15, 0.2) is 0 Å². The molecule has 25 heavy (non-hydrogen) atoms. The van der Waals surface area contributed by atoms with Crippen LogP contribution in [0.3, 0.4) is 0 Å². The molecule has 1 saturated heterocycles. The van der Waals surface area contributed by atoms with Gasteiger partial charge in [-0.05, 0) is 36.4 Å². The van der Waals surface area contributed by atoms with Crippen molar-refractivity contribution in [2.24, 2.45) is 0 Å². The summed E-state index contributed by atoms with van der Waals surface area (Å²) in [5.74, 6) is -0.253. The van der Waals surface area contributed by atoms with E-state index in [-0.39, 0.29) is 17.4 Å². The lowest BCUT2D eigenvalue weighted by Crippen LogP contribution is -2.50. The van der Waals surface area contributed by atoms with Crippen molar-refractivity contribution >= 4 is 11.8 Å². The number of piperazine rings is 1. The summed E-state index contributed by atoms with van der Waals surface area (Å²) in [7, 11) is 1.57. The molecule has 2 amide bonds. The summed E-state index contributed by atoms with van der Waals surface area (Å²) in [4.78, 5) is 28.2. The second-order valence-electron chi connectivity index (χ2n) is 5.79. The van der Waals surface area contributed by atoms with E-state index in [9.17, 15) is 14.0 Å². The Hall–Kier alpha value is -2.89. The van der Waals surface area contributed by atoms with Gasteiger partial charge in [-0.1, -0.05) is 12.1 Å². The summed E-state index contributed by atoms with van der Waals surface area (Å²) in [6.07, 6.45) is 0. The summed E-state index contributed by atoms with van der Waals surface area (Å²) in [5, 5.41) is 0. The van der Waals surface area contributed by atoms with Crippen molar-refractivity contribution in [3.63, 3.8) is 0 Å². The molecule has 3 rings (SSSR count). The Bertz CT molecular complexity index is 768. The molecule has 1 fully saturated rings. The summed E-state index contributed by atoms with van der Waals surface area (Å²) < 4.78 is 18.8. The second kappa shape index (κ2) is 7.34. The maximum absolute atomic E-state index is 13.8. The van der Waals surface area contributed by atoms with Gasteiger partial charge in [-0.3, -0.25) is 9.59 Å². The SMILES string of the molecule is COc1ccc(C(=O)N2CCN(C(=O)c3ccccc3F)CC2)cc1. The first-order chi connectivity index (χ1) is 12.1. The summed E-state index contributed by atoms with van der Waals surface area (Å²) in [5.41, 5.74) is 0.645. The molecule has 1 aliphatic rings. The van der Waals surface area contributed by atoms with E-state index in [4.69, 9.17) is 4.74 Å². The highest BCUT2D eigenvalue weighted by molar-refractivity contribution is 5.96. The van der Waals surface area contributed by atoms with Gasteiger partial charge in [0.25, 0.3) is 11.8 Å². The lowest BCUT2D eigenvalue weighted by molar-refractivity contribution is 0.0533. The molecule has 2 aromatic rings. The molecule has 0 spiro atoms. The highest BCUT2D eigenvalue weighted by atomic mass is 19.1. The number of hydrogen-bond donors (Lipinski definition) is 0. The number of carbonyl (C=O) groups excluding carboxylic acids is 2. The monoisotopic (exact) mass is 342 g/mol. The normalized spacial score (nSPS) is 14.3. The molecule has 0 radical (unpaired) electrons. The molecule has 2 aromatic carbocycles. The molecular weight excluding hydrogens is 323 g/mol. The van der Waals surface area contributed by atoms with Crippen LogP contribution in [0.2, 0.25) is 0 Å². The Morgan fingerprint density at radius 3 is 2.00 bits per heavy atom. The summed E-state index contributed by atoms with van der Waals surface area (Å²) in [6, 6.07) is 12.9. The molecule has 0 atom stereocenters. The lowest BCUT2D eigenvalue weighted by Gasteiger charge is -2.35. The van der Waals surface area contributed by atoms with Crippen LogP contribution < -0.4 is 4.74 Å². The zero-order valence-electron chi connectivity index (χ0n) is 13.9. The van der Waals surface area contributed by atoms with Gasteiger partial charge in [-0.25, -0.2) is 4.39 Å². The molecule has 0 bridgehead atoms. The molecule has 0 aliphatic carbocycles. The smallest absolute Gasteiger partial charge is 0.256 e. The fourth-order valence-corrected chi connectivity index (χ4v) is 2.83. The molecule has 130 valence electrons. The van der Waals surface area contributed by atoms with Crippen LogP contribution in [0.1, 0.15) is 20.7 Å². The van der Waals surface area contributed by atoms with Crippen molar-refractivity contribution in [1.29, 1.82) is 0 Å². The van der Waals surface area contributed by atoms with Crippen LogP contribution >= 0.6 is 0 Å². The van der Waals surface area contributed by atoms with Crippen molar-refractivity contribution in [1.82, 2.24) is 9.80 Å². The molecular formula is C19H19FN2O3. The Labute approximate surface area is 145 Å². The molecule has 1 heterocycles. The van der Waals surface area contributed by atoms with E-state index in [2.05, 4.69) is 0 Å². The third-order valence-corrected chi connectivity index (χ3v) is 4.30. The number of ether oxygens (including phenoxy) is 1. The highest BCUT2D eigenvalue weighted by Gasteiger charge is 2.26. The predicted octanol–water partition coefficient (Wildman–Crippen LogP) is 2.43. The maximum atomic E-state index is 13.8. The number of benzene rings is 2. The first-order valence-electron chi connectivity index (χ1n) is 8.07. The Morgan fingerprint density at radius 2 is 1.44 bits per heavy atom. The standard InChI is InChI=1S/C19H19FN2O3/c1-25-15-8-6-14(7-9-15)18(23)21-10-12-22(13-11-21)19(24)16-4-2-3-5-17(16)20/h2-9H,10-13H2,1H3. The number of methoxy groups -OCH3 is 1. The van der Waals surface area contributed by atoms with E-state index in [1.165, 1.54) is 12.1 Å². The quantitative estimate of drug-likeness (QED) is 0.861. The summed E-state index contributed by atoms with van der Waals surface area (Å²) in [6.45, 7) is 1.61. The molecule has 0 aromatic heterocycles. The van der Waals surface area contributed by atoms with Gasteiger partial charge in [0.05, 0.1) is 12.7 Å². The first-order valence-corrected chi connectivity index (χ1v) is 8.07. The number of hydrogen-bond acceptors (Lipinski definition) is 3. The van der Waals surface area contributed by atoms with E-state index in [0.29, 0.717) is 37.5 Å². The van der Waals surface area contributed by atoms with E-state index in [1.54, 1.807) is 53.3 Å². The number of carbonyl (C=O) groups is 2. The van der Waals surface area contributed by atoms with Gasteiger partial charge in [0, 0.05) is 31.7 Å². The average Bonchev–Trinajstić information content (AvgIpc) is 2.67. The Morgan fingerprint density at radius 1 is 0.880 bits per heavy atom. The summed E-state index contributed by atoms with van der Waals surface area (Å²) >= 11 is 0. The lowest BCUT2D eigenvalue weighted by atomic mass is 10.1. The van der Waals surface area contributed by atoms with E-state index < -0.39 is 5.82 Å². The first kappa shape index (κ1) is 17.0. The molecule has 6 heteroatoms. The largest absolute Gasteiger partial charge is 0.497 e. The van der Waals surface area contributed by atoms with Crippen molar-refractivity contribution in [2.75, 3.05) is 33.3 Å². The number of nitrogens with zero attached hydrogens (tertiary/aromatic N) is 2. The number of amides is 2. The van der Waals surface area contributed by atoms with Crippen LogP contribution in [-0.4, -0.2) is 54.9 Å². The molecule has 0 saturated carbocycles. The van der Waals surface area contributed by atoms with Crippen molar-refractivity contribution in [3.8, 4) is 5.75 Å². The minimum Gasteiger partial charge on any atom is -0.497 e. The third-order valence-electron chi connectivity index (χ3n) is 4.30. The Kier molecular flexibility index (Phi) is 4.97. The van der Waals surface area contributed by atoms with Crippen molar-refractivity contribution < 1.29 is 18.7 Å². The predicted molar refractivity (Wildman–Crippen MR) is 91.2 cm³/mol. The van der Waals surface area contributed by atoms with Gasteiger partial charge in [-0.15, -0.1) is 0 Å². The van der Waals surface area contributed by atoms with Crippen LogP contribution in [0.4, 0.5) is 4.39 Å². The fourth-order valence-electron chi connectivity index (χ4n) is 2.83. The second-order valence-corrected chi connectivity index (χ2v) is 5.79. The topological polar surface area (TPSA) is 49.9 Å². The van der Waals surface area contributed by atoms with Gasteiger partial charge in [0.1, 0.15) is 11.6 Å². The average molecular weight is 342 g/mol. The van der Waals surface area contributed by atoms with Crippen LogP contribution in [-0.2, 0) is 0 Å². The zero-order valence-corrected chi connectivity index (χ0v) is 13.9. The van der Waals surface area contributed by atoms with Crippen molar-refractivity contribution in [3.05, 3.63) is 65.5 Å². The van der Waals surface area contributed by atoms with Crippen LogP contribution in [0.15, 0.2) is 48.5 Å². The van der Waals surface area contributed by atoms with Gasteiger partial charge >= 0.3 is 0 Å². The van der Waals surface area contributed by atoms with Crippen LogP contribution in [0, 0.1) is 5.82 Å². The maximum Gasteiger partial charge on any atom is 0.256 e. The third kappa shape index (κ3) is 3.63. The van der Waals surface area contributed by atoms with E-state index in [1.807, 2.05) is 0 Å². The molecule has 1 aliphatic heterocycles. The molecule has 0 N–H and O–H groups in total. The van der Waals surface area contributed by atoms with Crippen LogP contribution in [0.5, 0.6) is 5.75 Å². The fraction of sp³-hybridized carbons (Fsp3) is 0.263.